The molecule has 0 bridgehead atoms. The van der Waals surface area contributed by atoms with Crippen molar-refractivity contribution >= 4 is 17.6 Å². The lowest BCUT2D eigenvalue weighted by atomic mass is 10.1. The molecule has 98 valence electrons. The summed E-state index contributed by atoms with van der Waals surface area (Å²) >= 11 is 0. The van der Waals surface area contributed by atoms with Crippen molar-refractivity contribution < 1.29 is 14.3 Å². The SMILES string of the molecule is CCOC(=O)C(=O)NCc1ccccc1N(C)C. The highest BCUT2D eigenvalue weighted by Crippen LogP contribution is 2.17. The number of carbonyl (C=O) groups excluding carboxylic acids is 2. The summed E-state index contributed by atoms with van der Waals surface area (Å²) in [6.07, 6.45) is 0. The molecule has 1 N–H and O–H groups in total. The number of para-hydroxylation sites is 1. The number of carbonyl (C=O) groups is 2. The normalized spacial score (nSPS) is 9.72. The van der Waals surface area contributed by atoms with Gasteiger partial charge in [-0.25, -0.2) is 4.79 Å². The van der Waals surface area contributed by atoms with Gasteiger partial charge in [0.1, 0.15) is 0 Å². The van der Waals surface area contributed by atoms with Crippen LogP contribution in [0.3, 0.4) is 0 Å². The molecule has 5 heteroatoms. The highest BCUT2D eigenvalue weighted by molar-refractivity contribution is 6.32. The monoisotopic (exact) mass is 250 g/mol. The van der Waals surface area contributed by atoms with Crippen molar-refractivity contribution in [3.63, 3.8) is 0 Å². The van der Waals surface area contributed by atoms with E-state index >= 15 is 0 Å². The number of hydrogen-bond donors (Lipinski definition) is 1. The van der Waals surface area contributed by atoms with Crippen LogP contribution >= 0.6 is 0 Å². The van der Waals surface area contributed by atoms with Gasteiger partial charge in [-0.1, -0.05) is 18.2 Å². The summed E-state index contributed by atoms with van der Waals surface area (Å²) in [4.78, 5) is 24.5. The van der Waals surface area contributed by atoms with Crippen LogP contribution in [0.5, 0.6) is 0 Å². The van der Waals surface area contributed by atoms with Gasteiger partial charge in [-0.3, -0.25) is 4.79 Å². The first-order chi connectivity index (χ1) is 8.56. The average Bonchev–Trinajstić information content (AvgIpc) is 2.36. The van der Waals surface area contributed by atoms with Gasteiger partial charge in [0.15, 0.2) is 0 Å². The molecule has 1 amide bonds. The van der Waals surface area contributed by atoms with Crippen LogP contribution in [0.4, 0.5) is 5.69 Å². The number of nitrogens with one attached hydrogen (secondary N) is 1. The molecule has 0 atom stereocenters. The molecule has 1 aromatic carbocycles. The Labute approximate surface area is 107 Å². The zero-order valence-corrected chi connectivity index (χ0v) is 10.9. The predicted octanol–water partition coefficient (Wildman–Crippen LogP) is 0.932. The lowest BCUT2D eigenvalue weighted by Crippen LogP contribution is -2.32. The van der Waals surface area contributed by atoms with E-state index < -0.39 is 11.9 Å². The van der Waals surface area contributed by atoms with Crippen LogP contribution in [0.1, 0.15) is 12.5 Å². The Morgan fingerprint density at radius 2 is 1.94 bits per heavy atom. The van der Waals surface area contributed by atoms with E-state index in [-0.39, 0.29) is 6.61 Å². The summed E-state index contributed by atoms with van der Waals surface area (Å²) in [6, 6.07) is 7.66. The molecule has 5 nitrogen and oxygen atoms in total. The molecule has 0 heterocycles. The Morgan fingerprint density at radius 1 is 1.28 bits per heavy atom. The van der Waals surface area contributed by atoms with E-state index in [0.717, 1.165) is 11.3 Å². The fourth-order valence-electron chi connectivity index (χ4n) is 1.54. The van der Waals surface area contributed by atoms with Gasteiger partial charge in [0.05, 0.1) is 6.61 Å². The van der Waals surface area contributed by atoms with Gasteiger partial charge < -0.3 is 15.0 Å². The average molecular weight is 250 g/mol. The number of ether oxygens (including phenoxy) is 1. The van der Waals surface area contributed by atoms with E-state index in [1.807, 2.05) is 43.3 Å². The quantitative estimate of drug-likeness (QED) is 0.638. The zero-order valence-electron chi connectivity index (χ0n) is 10.9. The molecule has 0 aliphatic heterocycles. The van der Waals surface area contributed by atoms with Gasteiger partial charge in [0.25, 0.3) is 0 Å². The molecule has 0 unspecified atom stereocenters. The number of rotatable bonds is 4. The second-order valence-electron chi connectivity index (χ2n) is 3.93. The Morgan fingerprint density at radius 3 is 2.56 bits per heavy atom. The maximum atomic E-state index is 11.4. The third-order valence-corrected chi connectivity index (χ3v) is 2.37. The van der Waals surface area contributed by atoms with Crippen LogP contribution in [0.2, 0.25) is 0 Å². The van der Waals surface area contributed by atoms with Crippen LogP contribution < -0.4 is 10.2 Å². The first kappa shape index (κ1) is 14.0. The van der Waals surface area contributed by atoms with Crippen molar-refractivity contribution in [3.8, 4) is 0 Å². The minimum absolute atomic E-state index is 0.195. The topological polar surface area (TPSA) is 58.6 Å². The highest BCUT2D eigenvalue weighted by Gasteiger charge is 2.14. The molecule has 18 heavy (non-hydrogen) atoms. The molecule has 0 saturated carbocycles. The second kappa shape index (κ2) is 6.64. The van der Waals surface area contributed by atoms with E-state index in [4.69, 9.17) is 0 Å². The Bertz CT molecular complexity index is 430. The Kier molecular flexibility index (Phi) is 5.17. The molecule has 0 aromatic heterocycles. The van der Waals surface area contributed by atoms with Crippen LogP contribution in [0.15, 0.2) is 24.3 Å². The van der Waals surface area contributed by atoms with Gasteiger partial charge in [-0.2, -0.15) is 0 Å². The smallest absolute Gasteiger partial charge is 0.396 e. The van der Waals surface area contributed by atoms with Crippen molar-refractivity contribution in [2.24, 2.45) is 0 Å². The van der Waals surface area contributed by atoms with Gasteiger partial charge in [-0.15, -0.1) is 0 Å². The van der Waals surface area contributed by atoms with Crippen molar-refractivity contribution in [2.45, 2.75) is 13.5 Å². The van der Waals surface area contributed by atoms with Crippen molar-refractivity contribution in [1.29, 1.82) is 0 Å². The lowest BCUT2D eigenvalue weighted by molar-refractivity contribution is -0.154. The van der Waals surface area contributed by atoms with E-state index in [0.29, 0.717) is 6.54 Å². The van der Waals surface area contributed by atoms with Crippen molar-refractivity contribution in [3.05, 3.63) is 29.8 Å². The second-order valence-corrected chi connectivity index (χ2v) is 3.93. The number of amides is 1. The molecule has 1 aromatic rings. The van der Waals surface area contributed by atoms with Crippen molar-refractivity contribution in [1.82, 2.24) is 5.32 Å². The third kappa shape index (κ3) is 3.76. The number of hydrogen-bond acceptors (Lipinski definition) is 4. The van der Waals surface area contributed by atoms with E-state index in [1.54, 1.807) is 6.92 Å². The van der Waals surface area contributed by atoms with Crippen LogP contribution in [-0.2, 0) is 20.9 Å². The largest absolute Gasteiger partial charge is 0.459 e. The number of benzene rings is 1. The summed E-state index contributed by atoms with van der Waals surface area (Å²) in [6.45, 7) is 2.15. The maximum Gasteiger partial charge on any atom is 0.396 e. The molecule has 0 saturated heterocycles. The summed E-state index contributed by atoms with van der Waals surface area (Å²) in [5.74, 6) is -1.56. The van der Waals surface area contributed by atoms with E-state index in [1.165, 1.54) is 0 Å². The number of nitrogens with zero attached hydrogens (tertiary/aromatic N) is 1. The minimum atomic E-state index is -0.847. The van der Waals surface area contributed by atoms with Gasteiger partial charge >= 0.3 is 11.9 Å². The fourth-order valence-corrected chi connectivity index (χ4v) is 1.54. The minimum Gasteiger partial charge on any atom is -0.459 e. The first-order valence-electron chi connectivity index (χ1n) is 5.76. The lowest BCUT2D eigenvalue weighted by Gasteiger charge is -2.17. The van der Waals surface area contributed by atoms with Crippen LogP contribution in [0, 0.1) is 0 Å². The van der Waals surface area contributed by atoms with Crippen LogP contribution in [0.25, 0.3) is 0 Å². The summed E-state index contributed by atoms with van der Waals surface area (Å²) in [7, 11) is 3.85. The maximum absolute atomic E-state index is 11.4. The molecule has 0 fully saturated rings. The standard InChI is InChI=1S/C13H18N2O3/c1-4-18-13(17)12(16)14-9-10-7-5-6-8-11(10)15(2)3/h5-8H,4,9H2,1-3H3,(H,14,16). The molecular weight excluding hydrogens is 232 g/mol. The third-order valence-electron chi connectivity index (χ3n) is 2.37. The van der Waals surface area contributed by atoms with Gasteiger partial charge in [0, 0.05) is 26.3 Å². The van der Waals surface area contributed by atoms with Gasteiger partial charge in [0.2, 0.25) is 0 Å². The van der Waals surface area contributed by atoms with E-state index in [2.05, 4.69) is 10.1 Å². The predicted molar refractivity (Wildman–Crippen MR) is 69.2 cm³/mol. The summed E-state index contributed by atoms with van der Waals surface area (Å²) < 4.78 is 4.61. The molecule has 0 aliphatic rings. The number of esters is 1. The molecule has 1 rings (SSSR count). The Hall–Kier alpha value is -2.04. The molecule has 0 aliphatic carbocycles. The highest BCUT2D eigenvalue weighted by atomic mass is 16.5. The summed E-state index contributed by atoms with van der Waals surface area (Å²) in [5.41, 5.74) is 1.95. The molecular formula is C13H18N2O3. The van der Waals surface area contributed by atoms with Crippen LogP contribution in [-0.4, -0.2) is 32.6 Å². The van der Waals surface area contributed by atoms with Crippen molar-refractivity contribution in [2.75, 3.05) is 25.6 Å². The van der Waals surface area contributed by atoms with Gasteiger partial charge in [-0.05, 0) is 18.6 Å². The van der Waals surface area contributed by atoms with E-state index in [9.17, 15) is 9.59 Å². The molecule has 0 radical (unpaired) electrons. The number of anilines is 1. The zero-order chi connectivity index (χ0) is 13.5. The summed E-state index contributed by atoms with van der Waals surface area (Å²) in [5, 5.41) is 2.54. The first-order valence-corrected chi connectivity index (χ1v) is 5.76. The fraction of sp³-hybridized carbons (Fsp3) is 0.385. The molecule has 0 spiro atoms. The Balaban J connectivity index is 2.64.